The molecular weight excluding hydrogens is 406 g/mol. The number of aliphatic hydroxyl groups excluding tert-OH is 1. The molecule has 1 unspecified atom stereocenters. The van der Waals surface area contributed by atoms with Gasteiger partial charge >= 0.3 is 0 Å². The number of nitrogens with zero attached hydrogens (tertiary/aromatic N) is 1. The molecule has 1 fully saturated rings. The largest absolute Gasteiger partial charge is 0.507 e. The molecule has 2 aromatic carbocycles. The zero-order valence-corrected chi connectivity index (χ0v) is 19.0. The molecule has 0 aliphatic carbocycles. The Bertz CT molecular complexity index is 997. The third-order valence-corrected chi connectivity index (χ3v) is 5.36. The van der Waals surface area contributed by atoms with Gasteiger partial charge in [-0.2, -0.15) is 0 Å². The summed E-state index contributed by atoms with van der Waals surface area (Å²) in [5.41, 5.74) is 1.26. The zero-order valence-electron chi connectivity index (χ0n) is 19.0. The number of ether oxygens (including phenoxy) is 2. The molecule has 0 radical (unpaired) electrons. The van der Waals surface area contributed by atoms with Gasteiger partial charge in [0, 0.05) is 12.1 Å². The number of unbranched alkanes of at least 4 members (excludes halogenated alkanes) is 1. The minimum Gasteiger partial charge on any atom is -0.507 e. The van der Waals surface area contributed by atoms with Crippen molar-refractivity contribution in [1.29, 1.82) is 0 Å². The Morgan fingerprint density at radius 3 is 2.38 bits per heavy atom. The highest BCUT2D eigenvalue weighted by atomic mass is 16.5. The van der Waals surface area contributed by atoms with Crippen LogP contribution in [0.3, 0.4) is 0 Å². The van der Waals surface area contributed by atoms with Crippen molar-refractivity contribution >= 4 is 17.4 Å². The Morgan fingerprint density at radius 1 is 0.969 bits per heavy atom. The molecule has 1 N–H and O–H groups in total. The Balaban J connectivity index is 2.11. The first-order valence-electron chi connectivity index (χ1n) is 11.3. The molecule has 6 heteroatoms. The molecule has 0 aromatic heterocycles. The van der Waals surface area contributed by atoms with Gasteiger partial charge in [0.2, 0.25) is 0 Å². The summed E-state index contributed by atoms with van der Waals surface area (Å²) in [6, 6.07) is 13.6. The van der Waals surface area contributed by atoms with E-state index in [1.54, 1.807) is 29.2 Å². The lowest BCUT2D eigenvalue weighted by molar-refractivity contribution is -0.139. The molecule has 0 bridgehead atoms. The van der Waals surface area contributed by atoms with Crippen LogP contribution in [0.4, 0.5) is 0 Å². The van der Waals surface area contributed by atoms with Gasteiger partial charge in [-0.05, 0) is 49.6 Å². The van der Waals surface area contributed by atoms with Crippen LogP contribution in [0.15, 0.2) is 54.1 Å². The van der Waals surface area contributed by atoms with Gasteiger partial charge in [-0.3, -0.25) is 9.59 Å². The van der Waals surface area contributed by atoms with Gasteiger partial charge in [0.15, 0.2) is 0 Å². The number of amides is 1. The highest BCUT2D eigenvalue weighted by molar-refractivity contribution is 6.46. The monoisotopic (exact) mass is 437 g/mol. The van der Waals surface area contributed by atoms with Crippen LogP contribution >= 0.6 is 0 Å². The maximum Gasteiger partial charge on any atom is 0.295 e. The number of hydrogen-bond acceptors (Lipinski definition) is 5. The van der Waals surface area contributed by atoms with E-state index in [0.717, 1.165) is 24.8 Å². The van der Waals surface area contributed by atoms with Gasteiger partial charge in [-0.1, -0.05) is 44.5 Å². The predicted molar refractivity (Wildman–Crippen MR) is 124 cm³/mol. The number of carbonyl (C=O) groups is 2. The number of Topliss-reactive ketones (excluding diaryl/α,β-unsaturated/α-hetero) is 1. The molecule has 6 nitrogen and oxygen atoms in total. The van der Waals surface area contributed by atoms with Crippen molar-refractivity contribution in [2.24, 2.45) is 0 Å². The quantitative estimate of drug-likeness (QED) is 0.318. The fourth-order valence-electron chi connectivity index (χ4n) is 3.84. The van der Waals surface area contributed by atoms with Crippen molar-refractivity contribution in [3.8, 4) is 11.5 Å². The van der Waals surface area contributed by atoms with E-state index in [1.807, 2.05) is 45.0 Å². The van der Waals surface area contributed by atoms with E-state index in [-0.39, 0.29) is 11.3 Å². The second kappa shape index (κ2) is 10.8. The molecule has 1 atom stereocenters. The van der Waals surface area contributed by atoms with Crippen molar-refractivity contribution in [2.75, 3.05) is 19.8 Å². The van der Waals surface area contributed by atoms with Crippen molar-refractivity contribution in [3.63, 3.8) is 0 Å². The first kappa shape index (κ1) is 23.4. The van der Waals surface area contributed by atoms with Gasteiger partial charge in [-0.15, -0.1) is 0 Å². The Hall–Kier alpha value is -3.28. The maximum absolute atomic E-state index is 13.1. The number of ketones is 1. The van der Waals surface area contributed by atoms with Gasteiger partial charge < -0.3 is 19.5 Å². The zero-order chi connectivity index (χ0) is 23.1. The van der Waals surface area contributed by atoms with Crippen molar-refractivity contribution in [1.82, 2.24) is 4.90 Å². The molecule has 2 aromatic rings. The van der Waals surface area contributed by atoms with E-state index in [9.17, 15) is 14.7 Å². The summed E-state index contributed by atoms with van der Waals surface area (Å²) in [5, 5.41) is 11.2. The summed E-state index contributed by atoms with van der Waals surface area (Å²) >= 11 is 0. The number of rotatable bonds is 10. The SMILES string of the molecule is CCCCN1C(=O)C(=O)/C(=C(\O)c2cccc(OCCC)c2)C1c1cccc(OCC)c1. The van der Waals surface area contributed by atoms with Crippen molar-refractivity contribution < 1.29 is 24.2 Å². The third-order valence-electron chi connectivity index (χ3n) is 5.36. The number of benzene rings is 2. The van der Waals surface area contributed by atoms with Crippen LogP contribution in [0.2, 0.25) is 0 Å². The van der Waals surface area contributed by atoms with E-state index in [4.69, 9.17) is 9.47 Å². The summed E-state index contributed by atoms with van der Waals surface area (Å²) in [4.78, 5) is 27.6. The van der Waals surface area contributed by atoms with E-state index in [1.165, 1.54) is 0 Å². The summed E-state index contributed by atoms with van der Waals surface area (Å²) < 4.78 is 11.3. The number of aliphatic hydroxyl groups is 1. The lowest BCUT2D eigenvalue weighted by atomic mass is 9.95. The molecule has 0 saturated carbocycles. The summed E-state index contributed by atoms with van der Waals surface area (Å²) in [7, 11) is 0. The fraction of sp³-hybridized carbons (Fsp3) is 0.385. The normalized spacial score (nSPS) is 17.6. The smallest absolute Gasteiger partial charge is 0.295 e. The van der Waals surface area contributed by atoms with Crippen LogP contribution in [0, 0.1) is 0 Å². The molecular formula is C26H31NO5. The summed E-state index contributed by atoms with van der Waals surface area (Å²) in [5.74, 6) is -0.210. The van der Waals surface area contributed by atoms with Crippen LogP contribution in [0.5, 0.6) is 11.5 Å². The second-order valence-corrected chi connectivity index (χ2v) is 7.73. The highest BCUT2D eigenvalue weighted by Gasteiger charge is 2.45. The van der Waals surface area contributed by atoms with E-state index < -0.39 is 17.7 Å². The van der Waals surface area contributed by atoms with E-state index >= 15 is 0 Å². The Labute approximate surface area is 189 Å². The fourth-order valence-corrected chi connectivity index (χ4v) is 3.84. The summed E-state index contributed by atoms with van der Waals surface area (Å²) in [6.07, 6.45) is 2.50. The molecule has 1 saturated heterocycles. The van der Waals surface area contributed by atoms with Gasteiger partial charge in [0.25, 0.3) is 11.7 Å². The minimum atomic E-state index is -0.679. The van der Waals surface area contributed by atoms with Crippen LogP contribution in [-0.4, -0.2) is 41.5 Å². The van der Waals surface area contributed by atoms with Crippen LogP contribution < -0.4 is 9.47 Å². The standard InChI is InChI=1S/C26H31NO5/c1-4-7-14-27-23(18-10-8-12-20(16-18)31-6-3)22(25(29)26(27)30)24(28)19-11-9-13-21(17-19)32-15-5-2/h8-13,16-17,23,28H,4-7,14-15H2,1-3H3/b24-22-. The van der Waals surface area contributed by atoms with Crippen molar-refractivity contribution in [2.45, 2.75) is 46.1 Å². The highest BCUT2D eigenvalue weighted by Crippen LogP contribution is 2.40. The third kappa shape index (κ3) is 4.96. The number of carbonyl (C=O) groups excluding carboxylic acids is 2. The van der Waals surface area contributed by atoms with E-state index in [2.05, 4.69) is 0 Å². The molecule has 32 heavy (non-hydrogen) atoms. The number of likely N-dealkylation sites (tertiary alicyclic amines) is 1. The molecule has 3 rings (SSSR count). The van der Waals surface area contributed by atoms with Gasteiger partial charge in [0.1, 0.15) is 17.3 Å². The lowest BCUT2D eigenvalue weighted by Crippen LogP contribution is -2.30. The van der Waals surface area contributed by atoms with Crippen LogP contribution in [0.1, 0.15) is 57.2 Å². The lowest BCUT2D eigenvalue weighted by Gasteiger charge is -2.25. The topological polar surface area (TPSA) is 76.1 Å². The second-order valence-electron chi connectivity index (χ2n) is 7.73. The predicted octanol–water partition coefficient (Wildman–Crippen LogP) is 5.10. The maximum atomic E-state index is 13.1. The first-order chi connectivity index (χ1) is 15.5. The van der Waals surface area contributed by atoms with Crippen molar-refractivity contribution in [3.05, 3.63) is 65.2 Å². The van der Waals surface area contributed by atoms with Gasteiger partial charge in [0.05, 0.1) is 24.8 Å². The molecule has 1 heterocycles. The molecule has 0 spiro atoms. The summed E-state index contributed by atoms with van der Waals surface area (Å²) in [6.45, 7) is 7.43. The Morgan fingerprint density at radius 2 is 1.69 bits per heavy atom. The van der Waals surface area contributed by atoms with E-state index in [0.29, 0.717) is 36.8 Å². The van der Waals surface area contributed by atoms with Crippen LogP contribution in [0.25, 0.3) is 5.76 Å². The van der Waals surface area contributed by atoms with Crippen LogP contribution in [-0.2, 0) is 9.59 Å². The average molecular weight is 438 g/mol. The minimum absolute atomic E-state index is 0.0902. The first-order valence-corrected chi connectivity index (χ1v) is 11.3. The molecule has 170 valence electrons. The molecule has 1 aliphatic rings. The van der Waals surface area contributed by atoms with Gasteiger partial charge in [-0.25, -0.2) is 0 Å². The molecule has 1 aliphatic heterocycles. The molecule has 1 amide bonds. The number of hydrogen-bond donors (Lipinski definition) is 1. The average Bonchev–Trinajstić information content (AvgIpc) is 3.06. The Kier molecular flexibility index (Phi) is 7.92.